The first-order valence-electron chi connectivity index (χ1n) is 15.5. The molecule has 0 atom stereocenters. The Morgan fingerprint density at radius 3 is 1.53 bits per heavy atom. The topological polar surface area (TPSA) is 13.1 Å². The van der Waals surface area contributed by atoms with E-state index < -0.39 is 0 Å². The fourth-order valence-electron chi connectivity index (χ4n) is 7.73. The van der Waals surface area contributed by atoms with Crippen LogP contribution >= 0.6 is 0 Å². The summed E-state index contributed by atoms with van der Waals surface area (Å²) in [5.74, 6) is 0. The first kappa shape index (κ1) is 24.5. The lowest BCUT2D eigenvalue weighted by Crippen LogP contribution is -1.92. The van der Waals surface area contributed by atoms with Crippen LogP contribution in [0.1, 0.15) is 0 Å². The molecule has 1 aromatic heterocycles. The Morgan fingerprint density at radius 1 is 0.311 bits per heavy atom. The third-order valence-corrected chi connectivity index (χ3v) is 9.63. The zero-order valence-electron chi connectivity index (χ0n) is 24.4. The van der Waals surface area contributed by atoms with Gasteiger partial charge in [0.2, 0.25) is 0 Å². The third-order valence-electron chi connectivity index (χ3n) is 9.63. The summed E-state index contributed by atoms with van der Waals surface area (Å²) in [5.41, 5.74) is 6.85. The second kappa shape index (κ2) is 9.29. The fraction of sp³-hybridized carbons (Fsp3) is 0. The summed E-state index contributed by atoms with van der Waals surface area (Å²) in [5, 5.41) is 14.7. The highest BCUT2D eigenvalue weighted by atomic mass is 16.3. The second-order valence-corrected chi connectivity index (χ2v) is 12.0. The van der Waals surface area contributed by atoms with Crippen LogP contribution in [0.4, 0.5) is 0 Å². The molecule has 1 heterocycles. The molecule has 0 unspecified atom stereocenters. The highest BCUT2D eigenvalue weighted by molar-refractivity contribution is 6.29. The molecule has 0 aliphatic rings. The average molecular weight is 571 g/mol. The first-order chi connectivity index (χ1) is 22.3. The summed E-state index contributed by atoms with van der Waals surface area (Å²) < 4.78 is 6.63. The number of hydrogen-bond donors (Lipinski definition) is 0. The lowest BCUT2D eigenvalue weighted by atomic mass is 9.83. The maximum absolute atomic E-state index is 6.63. The molecule has 1 nitrogen and oxygen atoms in total. The minimum Gasteiger partial charge on any atom is -0.455 e. The summed E-state index contributed by atoms with van der Waals surface area (Å²) in [6.45, 7) is 0. The SMILES string of the molecule is c1ccc2c(c1)cc(-c1c3ccccc3c(-c3cccc4oc5c6ccccc6ccc5c34)c3ccccc13)c1ccccc12. The second-order valence-electron chi connectivity index (χ2n) is 12.0. The maximum Gasteiger partial charge on any atom is 0.143 e. The molecule has 1 heteroatoms. The van der Waals surface area contributed by atoms with Gasteiger partial charge in [-0.1, -0.05) is 140 Å². The molecule has 0 spiro atoms. The summed E-state index contributed by atoms with van der Waals surface area (Å²) >= 11 is 0. The zero-order valence-corrected chi connectivity index (χ0v) is 24.4. The van der Waals surface area contributed by atoms with Crippen molar-refractivity contribution in [2.75, 3.05) is 0 Å². The summed E-state index contributed by atoms with van der Waals surface area (Å²) in [6, 6.07) is 57.3. The lowest BCUT2D eigenvalue weighted by molar-refractivity contribution is 0.673. The predicted molar refractivity (Wildman–Crippen MR) is 192 cm³/mol. The number of rotatable bonds is 2. The van der Waals surface area contributed by atoms with Crippen molar-refractivity contribution in [1.29, 1.82) is 0 Å². The Bertz CT molecular complexity index is 2760. The molecule has 0 N–H and O–H groups in total. The molecule has 0 aliphatic heterocycles. The van der Waals surface area contributed by atoms with Crippen LogP contribution in [-0.2, 0) is 0 Å². The van der Waals surface area contributed by atoms with Crippen LogP contribution in [0.25, 0.3) is 98.1 Å². The largest absolute Gasteiger partial charge is 0.455 e. The van der Waals surface area contributed by atoms with Crippen LogP contribution in [0.2, 0.25) is 0 Å². The van der Waals surface area contributed by atoms with Crippen molar-refractivity contribution in [2.24, 2.45) is 0 Å². The molecule has 0 saturated heterocycles. The summed E-state index contributed by atoms with van der Waals surface area (Å²) in [4.78, 5) is 0. The van der Waals surface area contributed by atoms with Gasteiger partial charge in [0.05, 0.1) is 0 Å². The minimum absolute atomic E-state index is 0.914. The molecule has 10 aromatic rings. The fourth-order valence-corrected chi connectivity index (χ4v) is 7.73. The zero-order chi connectivity index (χ0) is 29.5. The van der Waals surface area contributed by atoms with E-state index in [1.54, 1.807) is 0 Å². The smallest absolute Gasteiger partial charge is 0.143 e. The Balaban J connectivity index is 1.38. The predicted octanol–water partition coefficient (Wildman–Crippen LogP) is 12.7. The van der Waals surface area contributed by atoms with E-state index in [1.165, 1.54) is 70.7 Å². The standard InChI is InChI=1S/C44H26O/c1-4-15-30-27(12-1)24-25-38-43-37(22-11-23-40(43)45-44(30)38)41-33-18-7-9-20-35(33)42(36-21-10-8-19-34(36)41)39-26-28-13-2-3-14-29(28)31-16-5-6-17-32(31)39/h1-26H. The quantitative estimate of drug-likeness (QED) is 0.149. The van der Waals surface area contributed by atoms with Crippen molar-refractivity contribution in [3.05, 3.63) is 158 Å². The molecule has 45 heavy (non-hydrogen) atoms. The van der Waals surface area contributed by atoms with E-state index in [2.05, 4.69) is 158 Å². The summed E-state index contributed by atoms with van der Waals surface area (Å²) in [7, 11) is 0. The summed E-state index contributed by atoms with van der Waals surface area (Å²) in [6.07, 6.45) is 0. The molecule has 0 fully saturated rings. The van der Waals surface area contributed by atoms with E-state index in [-0.39, 0.29) is 0 Å². The van der Waals surface area contributed by atoms with Gasteiger partial charge in [-0.3, -0.25) is 0 Å². The van der Waals surface area contributed by atoms with Gasteiger partial charge < -0.3 is 4.42 Å². The molecule has 0 aliphatic carbocycles. The molecule has 0 radical (unpaired) electrons. The van der Waals surface area contributed by atoms with Gasteiger partial charge in [-0.05, 0) is 88.9 Å². The number of fused-ring (bicyclic) bond motifs is 10. The van der Waals surface area contributed by atoms with Crippen molar-refractivity contribution in [1.82, 2.24) is 0 Å². The maximum atomic E-state index is 6.63. The normalized spacial score (nSPS) is 12.0. The Morgan fingerprint density at radius 2 is 0.844 bits per heavy atom. The Kier molecular flexibility index (Phi) is 5.06. The van der Waals surface area contributed by atoms with Crippen molar-refractivity contribution in [3.63, 3.8) is 0 Å². The molecule has 0 saturated carbocycles. The van der Waals surface area contributed by atoms with Crippen LogP contribution in [0.5, 0.6) is 0 Å². The Hall–Kier alpha value is -5.92. The van der Waals surface area contributed by atoms with Crippen molar-refractivity contribution in [2.45, 2.75) is 0 Å². The van der Waals surface area contributed by atoms with Gasteiger partial charge in [0.25, 0.3) is 0 Å². The van der Waals surface area contributed by atoms with E-state index in [9.17, 15) is 0 Å². The van der Waals surface area contributed by atoms with Crippen LogP contribution < -0.4 is 0 Å². The van der Waals surface area contributed by atoms with E-state index in [1.807, 2.05) is 0 Å². The molecule has 0 bridgehead atoms. The Labute approximate surface area is 259 Å². The number of hydrogen-bond acceptors (Lipinski definition) is 1. The third kappa shape index (κ3) is 3.44. The highest BCUT2D eigenvalue weighted by Gasteiger charge is 2.22. The highest BCUT2D eigenvalue weighted by Crippen LogP contribution is 2.49. The lowest BCUT2D eigenvalue weighted by Gasteiger charge is -2.20. The minimum atomic E-state index is 0.914. The molecule has 208 valence electrons. The van der Waals surface area contributed by atoms with Gasteiger partial charge >= 0.3 is 0 Å². The first-order valence-corrected chi connectivity index (χ1v) is 15.5. The van der Waals surface area contributed by atoms with Crippen LogP contribution in [0.3, 0.4) is 0 Å². The van der Waals surface area contributed by atoms with Crippen molar-refractivity contribution in [3.8, 4) is 22.3 Å². The van der Waals surface area contributed by atoms with Gasteiger partial charge in [0, 0.05) is 16.2 Å². The van der Waals surface area contributed by atoms with Gasteiger partial charge in [0.1, 0.15) is 11.2 Å². The molecule has 10 rings (SSSR count). The van der Waals surface area contributed by atoms with Crippen molar-refractivity contribution >= 4 is 75.8 Å². The van der Waals surface area contributed by atoms with Gasteiger partial charge in [-0.2, -0.15) is 0 Å². The van der Waals surface area contributed by atoms with E-state index >= 15 is 0 Å². The van der Waals surface area contributed by atoms with Crippen LogP contribution in [-0.4, -0.2) is 0 Å². The average Bonchev–Trinajstić information content (AvgIpc) is 3.50. The van der Waals surface area contributed by atoms with Crippen LogP contribution in [0, 0.1) is 0 Å². The van der Waals surface area contributed by atoms with E-state index in [0.717, 1.165) is 27.3 Å². The molecule has 0 amide bonds. The van der Waals surface area contributed by atoms with E-state index in [0.29, 0.717) is 0 Å². The number of furan rings is 1. The monoisotopic (exact) mass is 570 g/mol. The van der Waals surface area contributed by atoms with Crippen molar-refractivity contribution < 1.29 is 4.42 Å². The van der Waals surface area contributed by atoms with Gasteiger partial charge in [-0.15, -0.1) is 0 Å². The molecular formula is C44H26O. The number of benzene rings is 9. The molecule has 9 aromatic carbocycles. The molecular weight excluding hydrogens is 544 g/mol. The van der Waals surface area contributed by atoms with Gasteiger partial charge in [0.15, 0.2) is 0 Å². The van der Waals surface area contributed by atoms with Gasteiger partial charge in [-0.25, -0.2) is 0 Å². The van der Waals surface area contributed by atoms with E-state index in [4.69, 9.17) is 4.42 Å². The van der Waals surface area contributed by atoms with Crippen LogP contribution in [0.15, 0.2) is 162 Å².